The van der Waals surface area contributed by atoms with Crippen LogP contribution in [0.3, 0.4) is 0 Å². The number of hydrogen-bond donors (Lipinski definition) is 11. The smallest absolute Gasteiger partial charge is 0.187 e. The Balaban J connectivity index is 0.913. The monoisotopic (exact) mass is 899 g/mol. The van der Waals surface area contributed by atoms with Crippen molar-refractivity contribution in [3.8, 4) is 0 Å². The van der Waals surface area contributed by atoms with Gasteiger partial charge < -0.3 is 84.2 Å². The molecule has 4 aliphatic carbocycles. The highest BCUT2D eigenvalue weighted by Crippen LogP contribution is 2.70. The molecule has 0 bridgehead atoms. The Kier molecular flexibility index (Phi) is 13.1. The van der Waals surface area contributed by atoms with E-state index in [0.717, 1.165) is 32.1 Å². The summed E-state index contributed by atoms with van der Waals surface area (Å²) in [7, 11) is 0. The molecular formula is C45H73NO17. The first-order chi connectivity index (χ1) is 29.9. The fourth-order valence-electron chi connectivity index (χ4n) is 14.3. The van der Waals surface area contributed by atoms with E-state index in [9.17, 15) is 51.1 Å². The molecular weight excluding hydrogens is 826 g/mol. The maximum atomic E-state index is 12.0. The highest BCUT2D eigenvalue weighted by molar-refractivity contribution is 5.27. The fourth-order valence-corrected chi connectivity index (χ4v) is 14.3. The molecule has 11 N–H and O–H groups in total. The minimum atomic E-state index is -1.72. The molecule has 8 fully saturated rings. The maximum absolute atomic E-state index is 12.0. The largest absolute Gasteiger partial charge is 0.396 e. The number of piperidine rings is 1. The van der Waals surface area contributed by atoms with Crippen LogP contribution >= 0.6 is 0 Å². The zero-order chi connectivity index (χ0) is 45.1. The summed E-state index contributed by atoms with van der Waals surface area (Å²) in [6.07, 6.45) is -13.7. The van der Waals surface area contributed by atoms with Crippen LogP contribution in [0.1, 0.15) is 86.0 Å². The van der Waals surface area contributed by atoms with Gasteiger partial charge in [0.1, 0.15) is 66.8 Å². The summed E-state index contributed by atoms with van der Waals surface area (Å²) in [5.74, 6) is 1.85. The topological polar surface area (TPSA) is 279 Å². The highest BCUT2D eigenvalue weighted by Gasteiger charge is 2.70. The van der Waals surface area contributed by atoms with Gasteiger partial charge in [-0.15, -0.1) is 0 Å². The maximum Gasteiger partial charge on any atom is 0.187 e. The van der Waals surface area contributed by atoms with Crippen LogP contribution in [0, 0.1) is 46.3 Å². The third-order valence-electron chi connectivity index (χ3n) is 18.0. The SMILES string of the molecule is C[C@@H]1O[C@@H](O[C@H]2[C@H](O[C@H]3CC[C@@]4(C)C(=CC[C@H]5[C@@H]6C[C@@H]7O[C@@]8(NC[C@H](CO)C[C@@H]8O)[C@@H](C)[C@@H]7[C@@]6(C)CC[C@@H]54)C3)O[C@H](CO)[C@@H](O[C@@H]3O[C@@H](C)[C@H](O)[C@@H](O)[C@H]3O)[C@@H]2O)[C@H](O)[C@H](O)[C@H]1O. The minimum Gasteiger partial charge on any atom is -0.396 e. The molecule has 9 rings (SSSR count). The zero-order valence-electron chi connectivity index (χ0n) is 37.0. The summed E-state index contributed by atoms with van der Waals surface area (Å²) >= 11 is 0. The number of allylic oxidation sites excluding steroid dienone is 1. The second-order valence-corrected chi connectivity index (χ2v) is 21.3. The molecule has 5 saturated heterocycles. The molecule has 18 nitrogen and oxygen atoms in total. The van der Waals surface area contributed by atoms with Gasteiger partial charge in [-0.05, 0) is 106 Å². The molecule has 0 amide bonds. The van der Waals surface area contributed by atoms with Gasteiger partial charge in [0, 0.05) is 19.1 Å². The summed E-state index contributed by atoms with van der Waals surface area (Å²) in [5.41, 5.74) is 0.511. The van der Waals surface area contributed by atoms with Crippen LogP contribution < -0.4 is 5.32 Å². The van der Waals surface area contributed by atoms with E-state index < -0.39 is 117 Å². The summed E-state index contributed by atoms with van der Waals surface area (Å²) in [5, 5.41) is 111. The molecule has 9 aliphatic rings. The van der Waals surface area contributed by atoms with Gasteiger partial charge >= 0.3 is 0 Å². The van der Waals surface area contributed by atoms with Crippen molar-refractivity contribution in [3.05, 3.63) is 11.6 Å². The summed E-state index contributed by atoms with van der Waals surface area (Å²) in [6, 6.07) is 0. The first-order valence-electron chi connectivity index (χ1n) is 23.6. The molecule has 1 spiro atoms. The number of nitrogens with one attached hydrogen (secondary N) is 1. The van der Waals surface area contributed by atoms with Crippen molar-refractivity contribution >= 4 is 0 Å². The molecule has 0 unspecified atom stereocenters. The predicted octanol–water partition coefficient (Wildman–Crippen LogP) is -1.24. The van der Waals surface area contributed by atoms with Crippen molar-refractivity contribution in [1.29, 1.82) is 0 Å². The molecule has 360 valence electrons. The first-order valence-corrected chi connectivity index (χ1v) is 23.6. The Bertz CT molecular complexity index is 1660. The van der Waals surface area contributed by atoms with E-state index in [-0.39, 0.29) is 35.4 Å². The van der Waals surface area contributed by atoms with Crippen LogP contribution in [0.25, 0.3) is 0 Å². The zero-order valence-corrected chi connectivity index (χ0v) is 37.0. The van der Waals surface area contributed by atoms with Gasteiger partial charge in [0.05, 0.1) is 37.1 Å². The fraction of sp³-hybridized carbons (Fsp3) is 0.956. The highest BCUT2D eigenvalue weighted by atomic mass is 16.8. The lowest BCUT2D eigenvalue weighted by atomic mass is 9.46. The van der Waals surface area contributed by atoms with Crippen LogP contribution in [-0.4, -0.2) is 187 Å². The van der Waals surface area contributed by atoms with Crippen LogP contribution in [0.4, 0.5) is 0 Å². The Morgan fingerprint density at radius 1 is 0.698 bits per heavy atom. The Morgan fingerprint density at radius 3 is 1.97 bits per heavy atom. The van der Waals surface area contributed by atoms with Crippen LogP contribution in [-0.2, 0) is 33.2 Å². The number of aliphatic hydroxyl groups excluding tert-OH is 10. The van der Waals surface area contributed by atoms with Crippen molar-refractivity contribution in [3.63, 3.8) is 0 Å². The lowest BCUT2D eigenvalue weighted by molar-refractivity contribution is -0.388. The number of aliphatic hydroxyl groups is 10. The molecule has 5 aliphatic heterocycles. The van der Waals surface area contributed by atoms with Gasteiger partial charge in [-0.1, -0.05) is 32.4 Å². The van der Waals surface area contributed by atoms with E-state index in [1.54, 1.807) is 0 Å². The number of fused-ring (bicyclic) bond motifs is 7. The molecule has 0 aromatic heterocycles. The molecule has 0 radical (unpaired) electrons. The summed E-state index contributed by atoms with van der Waals surface area (Å²) in [6.45, 7) is 10.1. The normalized spacial score (nSPS) is 58.1. The molecule has 3 saturated carbocycles. The van der Waals surface area contributed by atoms with E-state index in [1.807, 2.05) is 0 Å². The average Bonchev–Trinajstić information content (AvgIpc) is 3.72. The van der Waals surface area contributed by atoms with Crippen molar-refractivity contribution < 1.29 is 84.2 Å². The van der Waals surface area contributed by atoms with E-state index in [1.165, 1.54) is 19.4 Å². The summed E-state index contributed by atoms with van der Waals surface area (Å²) < 4.78 is 43.5. The van der Waals surface area contributed by atoms with Crippen molar-refractivity contribution in [2.45, 2.75) is 202 Å². The molecule has 0 aromatic rings. The standard InChI is InChI=1S/C45H73NO17/c1-18-30-27(63-45(18)29(49)12-21(16-47)15-46-45)14-26-24-7-6-22-13-23(8-10-43(22,4)25(24)9-11-44(26,30)5)59-42-39(62-41-36(55)34(53)32(51)20(3)58-41)37(56)38(28(17-48)60-42)61-40-35(54)33(52)31(50)19(2)57-40/h6,18-21,23-42,46-56H,7-17H2,1-5H3/t18-,19-,20-,21+,23-,24+,25-,26-,27-,28+,29-,30-,31-,32-,33+,34+,35+,36+,37-,38+,39+,40-,41-,42+,43-,44-,45-/m0/s1. The second kappa shape index (κ2) is 17.5. The van der Waals surface area contributed by atoms with Crippen molar-refractivity contribution in [2.24, 2.45) is 46.3 Å². The van der Waals surface area contributed by atoms with Crippen LogP contribution in [0.5, 0.6) is 0 Å². The van der Waals surface area contributed by atoms with Gasteiger partial charge in [-0.25, -0.2) is 0 Å². The van der Waals surface area contributed by atoms with Crippen molar-refractivity contribution in [2.75, 3.05) is 19.8 Å². The second-order valence-electron chi connectivity index (χ2n) is 21.3. The van der Waals surface area contributed by atoms with Crippen LogP contribution in [0.2, 0.25) is 0 Å². The third-order valence-corrected chi connectivity index (χ3v) is 18.0. The van der Waals surface area contributed by atoms with Gasteiger partial charge in [0.15, 0.2) is 18.9 Å². The molecule has 5 heterocycles. The van der Waals surface area contributed by atoms with Gasteiger partial charge in [0.2, 0.25) is 0 Å². The molecule has 63 heavy (non-hydrogen) atoms. The van der Waals surface area contributed by atoms with Crippen molar-refractivity contribution in [1.82, 2.24) is 5.32 Å². The predicted molar refractivity (Wildman–Crippen MR) is 218 cm³/mol. The lowest BCUT2D eigenvalue weighted by Gasteiger charge is -2.59. The Hall–Kier alpha value is -0.980. The van der Waals surface area contributed by atoms with E-state index >= 15 is 0 Å². The van der Waals surface area contributed by atoms with Gasteiger partial charge in [-0.3, -0.25) is 5.32 Å². The summed E-state index contributed by atoms with van der Waals surface area (Å²) in [4.78, 5) is 0. The molecule has 27 atom stereocenters. The number of hydrogen-bond acceptors (Lipinski definition) is 18. The third kappa shape index (κ3) is 7.62. The van der Waals surface area contributed by atoms with Gasteiger partial charge in [0.25, 0.3) is 0 Å². The molecule has 0 aromatic carbocycles. The van der Waals surface area contributed by atoms with E-state index in [4.69, 9.17) is 33.2 Å². The Labute approximate surface area is 368 Å². The van der Waals surface area contributed by atoms with Gasteiger partial charge in [-0.2, -0.15) is 0 Å². The van der Waals surface area contributed by atoms with Crippen LogP contribution in [0.15, 0.2) is 11.6 Å². The van der Waals surface area contributed by atoms with E-state index in [0.29, 0.717) is 49.5 Å². The number of rotatable bonds is 8. The minimum absolute atomic E-state index is 0.0151. The quantitative estimate of drug-likeness (QED) is 0.127. The average molecular weight is 900 g/mol. The molecule has 18 heteroatoms. The first kappa shape index (κ1) is 47.1. The lowest BCUT2D eigenvalue weighted by Crippen LogP contribution is -2.66. The Morgan fingerprint density at radius 2 is 1.35 bits per heavy atom. The number of ether oxygens (including phenoxy) is 7. The van der Waals surface area contributed by atoms with E-state index in [2.05, 4.69) is 32.2 Å².